The molecule has 0 bridgehead atoms. The molecule has 0 saturated heterocycles. The highest BCUT2D eigenvalue weighted by molar-refractivity contribution is 5.31. The summed E-state index contributed by atoms with van der Waals surface area (Å²) in [5, 5.41) is 2.33. The van der Waals surface area contributed by atoms with Gasteiger partial charge in [-0.2, -0.15) is 0 Å². The molecular weight excluding hydrogens is 334 g/mol. The van der Waals surface area contributed by atoms with Gasteiger partial charge in [-0.25, -0.2) is 0 Å². The van der Waals surface area contributed by atoms with E-state index in [0.717, 1.165) is 37.4 Å². The maximum absolute atomic E-state index is 5.79. The van der Waals surface area contributed by atoms with Gasteiger partial charge in [0.1, 0.15) is 12.3 Å². The van der Waals surface area contributed by atoms with Crippen LogP contribution >= 0.6 is 0 Å². The fraction of sp³-hybridized carbons (Fsp3) is 0.333. The lowest BCUT2D eigenvalue weighted by Crippen LogP contribution is -2.82. The number of hydrogen-bond donors (Lipinski definition) is 1. The Bertz CT molecular complexity index is 764. The summed E-state index contributed by atoms with van der Waals surface area (Å²) in [6.07, 6.45) is 4.12. The van der Waals surface area contributed by atoms with Crippen LogP contribution < -0.4 is 10.1 Å². The van der Waals surface area contributed by atoms with Crippen molar-refractivity contribution in [2.24, 2.45) is 0 Å². The predicted octanol–water partition coefficient (Wildman–Crippen LogP) is 4.55. The predicted molar refractivity (Wildman–Crippen MR) is 109 cm³/mol. The van der Waals surface area contributed by atoms with E-state index in [1.54, 1.807) is 6.26 Å². The van der Waals surface area contributed by atoms with Crippen molar-refractivity contribution in [3.63, 3.8) is 0 Å². The van der Waals surface area contributed by atoms with Gasteiger partial charge in [-0.1, -0.05) is 42.5 Å². The van der Waals surface area contributed by atoms with Crippen molar-refractivity contribution >= 4 is 0 Å². The second-order valence-electron chi connectivity index (χ2n) is 7.27. The van der Waals surface area contributed by atoms with Crippen molar-refractivity contribution in [2.45, 2.75) is 45.3 Å². The molecule has 1 aromatic heterocycles. The Morgan fingerprint density at radius 3 is 2.37 bits per heavy atom. The average Bonchev–Trinajstić information content (AvgIpc) is 3.19. The van der Waals surface area contributed by atoms with Crippen LogP contribution in [0.4, 0.5) is 0 Å². The van der Waals surface area contributed by atoms with E-state index in [2.05, 4.69) is 73.8 Å². The Morgan fingerprint density at radius 1 is 0.926 bits per heavy atom. The quantitative estimate of drug-likeness (QED) is 0.536. The van der Waals surface area contributed by atoms with Crippen LogP contribution in [0.5, 0.6) is 5.75 Å². The molecule has 0 radical (unpaired) electrons. The van der Waals surface area contributed by atoms with Crippen LogP contribution in [0.2, 0.25) is 0 Å². The topological polar surface area (TPSA) is 39.0 Å². The molecule has 0 aliphatic carbocycles. The van der Waals surface area contributed by atoms with Gasteiger partial charge in [0.2, 0.25) is 0 Å². The Kier molecular flexibility index (Phi) is 7.11. The molecule has 0 aliphatic rings. The van der Waals surface area contributed by atoms with Gasteiger partial charge in [0.15, 0.2) is 5.76 Å². The first kappa shape index (κ1) is 19.2. The maximum atomic E-state index is 5.79. The number of rotatable bonds is 10. The molecule has 1 heterocycles. The number of hydrogen-bond acceptors (Lipinski definition) is 2. The fourth-order valence-electron chi connectivity index (χ4n) is 3.37. The molecule has 3 heteroatoms. The second kappa shape index (κ2) is 9.98. The van der Waals surface area contributed by atoms with Crippen molar-refractivity contribution < 1.29 is 14.5 Å². The third-order valence-electron chi connectivity index (χ3n) is 4.69. The number of quaternary nitrogens is 1. The first-order chi connectivity index (χ1) is 13.2. The Hall–Kier alpha value is -2.52. The lowest BCUT2D eigenvalue weighted by Gasteiger charge is -2.18. The first-order valence-corrected chi connectivity index (χ1v) is 9.85. The fourth-order valence-corrected chi connectivity index (χ4v) is 3.37. The van der Waals surface area contributed by atoms with E-state index < -0.39 is 0 Å². The summed E-state index contributed by atoms with van der Waals surface area (Å²) < 4.78 is 11.2. The molecule has 3 nitrogen and oxygen atoms in total. The minimum absolute atomic E-state index is 0.201. The van der Waals surface area contributed by atoms with Gasteiger partial charge in [-0.15, -0.1) is 0 Å². The van der Waals surface area contributed by atoms with Crippen molar-refractivity contribution in [2.75, 3.05) is 6.54 Å². The van der Waals surface area contributed by atoms with Gasteiger partial charge in [-0.3, -0.25) is 0 Å². The molecule has 27 heavy (non-hydrogen) atoms. The number of nitrogens with two attached hydrogens (primary N) is 1. The zero-order valence-electron chi connectivity index (χ0n) is 16.3. The van der Waals surface area contributed by atoms with Gasteiger partial charge < -0.3 is 14.5 Å². The summed E-state index contributed by atoms with van der Waals surface area (Å²) in [4.78, 5) is 0. The van der Waals surface area contributed by atoms with Crippen LogP contribution in [0, 0.1) is 0 Å². The third kappa shape index (κ3) is 6.30. The second-order valence-corrected chi connectivity index (χ2v) is 7.27. The molecule has 2 aromatic carbocycles. The highest BCUT2D eigenvalue weighted by Gasteiger charge is 2.14. The van der Waals surface area contributed by atoms with Crippen LogP contribution in [-0.4, -0.2) is 12.6 Å². The summed E-state index contributed by atoms with van der Waals surface area (Å²) >= 11 is 0. The van der Waals surface area contributed by atoms with E-state index in [1.807, 2.05) is 12.1 Å². The van der Waals surface area contributed by atoms with E-state index >= 15 is 0 Å². The lowest BCUT2D eigenvalue weighted by molar-refractivity contribution is -0.672. The van der Waals surface area contributed by atoms with Crippen molar-refractivity contribution in [1.29, 1.82) is 0 Å². The van der Waals surface area contributed by atoms with Crippen LogP contribution in [0.1, 0.15) is 43.1 Å². The van der Waals surface area contributed by atoms with E-state index in [4.69, 9.17) is 9.15 Å². The van der Waals surface area contributed by atoms with E-state index in [-0.39, 0.29) is 6.10 Å². The van der Waals surface area contributed by atoms with Gasteiger partial charge in [0.05, 0.1) is 18.9 Å². The maximum Gasteiger partial charge on any atom is 0.157 e. The Balaban J connectivity index is 1.63. The molecule has 0 aliphatic heterocycles. The largest absolute Gasteiger partial charge is 0.491 e. The van der Waals surface area contributed by atoms with Crippen molar-refractivity contribution in [3.8, 4) is 5.75 Å². The van der Waals surface area contributed by atoms with Crippen LogP contribution in [0.25, 0.3) is 0 Å². The smallest absolute Gasteiger partial charge is 0.157 e. The molecule has 142 valence electrons. The van der Waals surface area contributed by atoms with Crippen molar-refractivity contribution in [1.82, 2.24) is 0 Å². The van der Waals surface area contributed by atoms with Crippen LogP contribution in [0.15, 0.2) is 77.4 Å². The molecule has 0 saturated carbocycles. The van der Waals surface area contributed by atoms with E-state index in [9.17, 15) is 0 Å². The molecule has 0 fully saturated rings. The Labute approximate surface area is 162 Å². The molecular formula is C24H30NO2+. The summed E-state index contributed by atoms with van der Waals surface area (Å²) in [6, 6.07) is 23.4. The molecule has 0 amide bonds. The number of ether oxygens (including phenoxy) is 1. The summed E-state index contributed by atoms with van der Waals surface area (Å²) in [6.45, 7) is 6.08. The van der Waals surface area contributed by atoms with Gasteiger partial charge >= 0.3 is 0 Å². The van der Waals surface area contributed by atoms with E-state index in [1.165, 1.54) is 11.1 Å². The minimum Gasteiger partial charge on any atom is -0.491 e. The Morgan fingerprint density at radius 2 is 1.70 bits per heavy atom. The van der Waals surface area contributed by atoms with Gasteiger partial charge in [-0.05, 0) is 61.6 Å². The molecule has 3 rings (SSSR count). The molecule has 0 unspecified atom stereocenters. The normalized spacial score (nSPS) is 12.3. The van der Waals surface area contributed by atoms with Gasteiger partial charge in [0.25, 0.3) is 0 Å². The number of benzene rings is 2. The third-order valence-corrected chi connectivity index (χ3v) is 4.69. The molecule has 2 N–H and O–H groups in total. The van der Waals surface area contributed by atoms with Crippen molar-refractivity contribution in [3.05, 3.63) is 89.9 Å². The standard InChI is InChI=1S/C24H29NO2/c1-19(2)27-23-12-10-21(11-13-23)22(17-20-7-4-3-5-8-20)14-15-25-18-24-9-6-16-26-24/h3-13,16,19,22,25H,14-15,17-18H2,1-2H3/p+1/t22-/m1/s1. The van der Waals surface area contributed by atoms with E-state index in [0.29, 0.717) is 5.92 Å². The summed E-state index contributed by atoms with van der Waals surface area (Å²) in [7, 11) is 0. The zero-order valence-corrected chi connectivity index (χ0v) is 16.3. The number of furan rings is 1. The first-order valence-electron chi connectivity index (χ1n) is 9.85. The van der Waals surface area contributed by atoms with Gasteiger partial charge in [0, 0.05) is 6.42 Å². The minimum atomic E-state index is 0.201. The SMILES string of the molecule is CC(C)Oc1ccc([C@H](CC[NH2+]Cc2ccco2)Cc2ccccc2)cc1. The highest BCUT2D eigenvalue weighted by atomic mass is 16.5. The summed E-state index contributed by atoms with van der Waals surface area (Å²) in [5.41, 5.74) is 2.76. The van der Waals surface area contributed by atoms with Crippen LogP contribution in [0.3, 0.4) is 0 Å². The molecule has 1 atom stereocenters. The lowest BCUT2D eigenvalue weighted by atomic mass is 9.89. The monoisotopic (exact) mass is 364 g/mol. The highest BCUT2D eigenvalue weighted by Crippen LogP contribution is 2.26. The summed E-state index contributed by atoms with van der Waals surface area (Å²) in [5.74, 6) is 2.47. The average molecular weight is 365 g/mol. The van der Waals surface area contributed by atoms with Crippen LogP contribution in [-0.2, 0) is 13.0 Å². The molecule has 0 spiro atoms. The zero-order chi connectivity index (χ0) is 18.9. The molecule has 3 aromatic rings.